The molecule has 1 amide bonds. The lowest BCUT2D eigenvalue weighted by Gasteiger charge is -2.08. The molecule has 1 aromatic rings. The van der Waals surface area contributed by atoms with E-state index in [1.807, 2.05) is 20.0 Å². The molecule has 0 radical (unpaired) electrons. The van der Waals surface area contributed by atoms with Crippen molar-refractivity contribution in [2.75, 3.05) is 13.2 Å². The average molecular weight is 255 g/mol. The van der Waals surface area contributed by atoms with Gasteiger partial charge in [0.15, 0.2) is 0 Å². The number of aromatic nitrogens is 3. The summed E-state index contributed by atoms with van der Waals surface area (Å²) in [6.45, 7) is 5.40. The summed E-state index contributed by atoms with van der Waals surface area (Å²) < 4.78 is 1.68. The van der Waals surface area contributed by atoms with Gasteiger partial charge in [0.1, 0.15) is 0 Å². The van der Waals surface area contributed by atoms with Gasteiger partial charge in [-0.3, -0.25) is 9.48 Å². The smallest absolute Gasteiger partial charge is 0.234 e. The fourth-order valence-corrected chi connectivity index (χ4v) is 1.44. The van der Waals surface area contributed by atoms with Gasteiger partial charge < -0.3 is 15.7 Å². The minimum Gasteiger partial charge on any atom is -0.396 e. The third-order valence-electron chi connectivity index (χ3n) is 2.17. The zero-order chi connectivity index (χ0) is 13.4. The molecule has 1 aromatic heterocycles. The molecular formula is C11H21N5O2. The van der Waals surface area contributed by atoms with E-state index < -0.39 is 0 Å². The van der Waals surface area contributed by atoms with Crippen molar-refractivity contribution in [3.8, 4) is 0 Å². The number of hydrogen-bond acceptors (Lipinski definition) is 5. The first-order chi connectivity index (χ1) is 8.61. The average Bonchev–Trinajstić information content (AvgIpc) is 2.73. The van der Waals surface area contributed by atoms with Crippen molar-refractivity contribution in [2.45, 2.75) is 39.4 Å². The van der Waals surface area contributed by atoms with Crippen LogP contribution in [0.25, 0.3) is 0 Å². The van der Waals surface area contributed by atoms with E-state index in [1.165, 1.54) is 0 Å². The Bertz CT molecular complexity index is 364. The molecule has 0 saturated carbocycles. The van der Waals surface area contributed by atoms with E-state index in [0.717, 1.165) is 5.69 Å². The van der Waals surface area contributed by atoms with Crippen LogP contribution in [0.3, 0.4) is 0 Å². The van der Waals surface area contributed by atoms with Gasteiger partial charge in [-0.2, -0.15) is 0 Å². The molecule has 1 heterocycles. The molecule has 3 N–H and O–H groups in total. The van der Waals surface area contributed by atoms with Gasteiger partial charge in [-0.05, 0) is 20.3 Å². The fourth-order valence-electron chi connectivity index (χ4n) is 1.44. The van der Waals surface area contributed by atoms with Gasteiger partial charge in [0.2, 0.25) is 5.91 Å². The van der Waals surface area contributed by atoms with Gasteiger partial charge in [0.25, 0.3) is 0 Å². The zero-order valence-electron chi connectivity index (χ0n) is 10.9. The quantitative estimate of drug-likeness (QED) is 0.570. The Hall–Kier alpha value is -1.47. The molecule has 0 saturated heterocycles. The van der Waals surface area contributed by atoms with E-state index >= 15 is 0 Å². The number of amides is 1. The maximum absolute atomic E-state index is 11.3. The molecule has 0 spiro atoms. The largest absolute Gasteiger partial charge is 0.396 e. The zero-order valence-corrected chi connectivity index (χ0v) is 10.9. The highest BCUT2D eigenvalue weighted by Crippen LogP contribution is 1.94. The van der Waals surface area contributed by atoms with Crippen LogP contribution in [0.5, 0.6) is 0 Å². The number of hydrogen-bond donors (Lipinski definition) is 3. The first-order valence-electron chi connectivity index (χ1n) is 6.11. The maximum atomic E-state index is 11.3. The second-order valence-corrected chi connectivity index (χ2v) is 4.38. The van der Waals surface area contributed by atoms with Crippen LogP contribution in [-0.2, 0) is 17.9 Å². The van der Waals surface area contributed by atoms with E-state index in [1.54, 1.807) is 4.68 Å². The van der Waals surface area contributed by atoms with Gasteiger partial charge in [-0.25, -0.2) is 0 Å². The van der Waals surface area contributed by atoms with Crippen LogP contribution >= 0.6 is 0 Å². The number of rotatable bonds is 8. The second kappa shape index (κ2) is 7.78. The van der Waals surface area contributed by atoms with E-state index in [4.69, 9.17) is 5.11 Å². The fraction of sp³-hybridized carbons (Fsp3) is 0.727. The van der Waals surface area contributed by atoms with E-state index in [2.05, 4.69) is 20.9 Å². The van der Waals surface area contributed by atoms with Crippen molar-refractivity contribution >= 4 is 5.91 Å². The lowest BCUT2D eigenvalue weighted by molar-refractivity contribution is -0.120. The molecule has 0 atom stereocenters. The molecule has 0 aromatic carbocycles. The Morgan fingerprint density at radius 3 is 3.00 bits per heavy atom. The number of aliphatic hydroxyl groups excluding tert-OH is 1. The lowest BCUT2D eigenvalue weighted by atomic mass is 10.4. The molecule has 0 aliphatic carbocycles. The molecule has 0 fully saturated rings. The second-order valence-electron chi connectivity index (χ2n) is 4.38. The van der Waals surface area contributed by atoms with Crippen molar-refractivity contribution in [3.05, 3.63) is 11.9 Å². The normalized spacial score (nSPS) is 10.9. The van der Waals surface area contributed by atoms with Crippen LogP contribution in [0, 0.1) is 0 Å². The third kappa shape index (κ3) is 5.74. The summed E-state index contributed by atoms with van der Waals surface area (Å²) >= 11 is 0. The standard InChI is InChI=1S/C11H21N5O2/c1-9(2)13-11(18)7-12-6-10-8-16(15-14-10)4-3-5-17/h8-9,12,17H,3-7H2,1-2H3,(H,13,18). The minimum absolute atomic E-state index is 0.0299. The molecule has 102 valence electrons. The summed E-state index contributed by atoms with van der Waals surface area (Å²) in [6.07, 6.45) is 2.47. The number of carbonyl (C=O) groups is 1. The predicted molar refractivity (Wildman–Crippen MR) is 66.7 cm³/mol. The first-order valence-corrected chi connectivity index (χ1v) is 6.11. The minimum atomic E-state index is -0.0299. The number of nitrogens with zero attached hydrogens (tertiary/aromatic N) is 3. The van der Waals surface area contributed by atoms with E-state index in [-0.39, 0.29) is 25.1 Å². The number of nitrogens with one attached hydrogen (secondary N) is 2. The summed E-state index contributed by atoms with van der Waals surface area (Å²) in [5.41, 5.74) is 0.783. The molecule has 0 bridgehead atoms. The molecule has 0 unspecified atom stereocenters. The van der Waals surface area contributed by atoms with Gasteiger partial charge in [0.05, 0.1) is 12.2 Å². The van der Waals surface area contributed by atoms with E-state index in [9.17, 15) is 4.79 Å². The van der Waals surface area contributed by atoms with Crippen molar-refractivity contribution < 1.29 is 9.90 Å². The lowest BCUT2D eigenvalue weighted by Crippen LogP contribution is -2.37. The van der Waals surface area contributed by atoms with Crippen molar-refractivity contribution in [1.29, 1.82) is 0 Å². The van der Waals surface area contributed by atoms with Crippen LogP contribution < -0.4 is 10.6 Å². The van der Waals surface area contributed by atoms with Crippen molar-refractivity contribution in [1.82, 2.24) is 25.6 Å². The summed E-state index contributed by atoms with van der Waals surface area (Å²) in [6, 6.07) is 0.152. The van der Waals surface area contributed by atoms with Crippen LogP contribution in [-0.4, -0.2) is 45.2 Å². The predicted octanol–water partition coefficient (Wildman–Crippen LogP) is -0.725. The molecule has 0 aliphatic rings. The van der Waals surface area contributed by atoms with Crippen LogP contribution in [0.2, 0.25) is 0 Å². The molecule has 18 heavy (non-hydrogen) atoms. The van der Waals surface area contributed by atoms with Crippen LogP contribution in [0.4, 0.5) is 0 Å². The first kappa shape index (κ1) is 14.6. The Morgan fingerprint density at radius 1 is 1.56 bits per heavy atom. The third-order valence-corrected chi connectivity index (χ3v) is 2.17. The van der Waals surface area contributed by atoms with Crippen molar-refractivity contribution in [3.63, 3.8) is 0 Å². The highest BCUT2D eigenvalue weighted by Gasteiger charge is 2.04. The van der Waals surface area contributed by atoms with Gasteiger partial charge in [-0.1, -0.05) is 5.21 Å². The Labute approximate surface area is 107 Å². The number of aryl methyl sites for hydroxylation is 1. The Kier molecular flexibility index (Phi) is 6.31. The molecule has 7 heteroatoms. The van der Waals surface area contributed by atoms with Crippen LogP contribution in [0.15, 0.2) is 6.20 Å². The Morgan fingerprint density at radius 2 is 2.33 bits per heavy atom. The summed E-state index contributed by atoms with van der Waals surface area (Å²) in [7, 11) is 0. The SMILES string of the molecule is CC(C)NC(=O)CNCc1cn(CCCO)nn1. The summed E-state index contributed by atoms with van der Waals surface area (Å²) in [4.78, 5) is 11.3. The highest BCUT2D eigenvalue weighted by atomic mass is 16.3. The molecule has 0 aliphatic heterocycles. The van der Waals surface area contributed by atoms with E-state index in [0.29, 0.717) is 19.5 Å². The molecular weight excluding hydrogens is 234 g/mol. The highest BCUT2D eigenvalue weighted by molar-refractivity contribution is 5.78. The van der Waals surface area contributed by atoms with Crippen molar-refractivity contribution in [2.24, 2.45) is 0 Å². The van der Waals surface area contributed by atoms with Gasteiger partial charge >= 0.3 is 0 Å². The summed E-state index contributed by atoms with van der Waals surface area (Å²) in [5, 5.41) is 22.4. The Balaban J connectivity index is 2.22. The number of carbonyl (C=O) groups excluding carboxylic acids is 1. The summed E-state index contributed by atoms with van der Waals surface area (Å²) in [5.74, 6) is -0.0299. The van der Waals surface area contributed by atoms with Crippen LogP contribution in [0.1, 0.15) is 26.0 Å². The van der Waals surface area contributed by atoms with Gasteiger partial charge in [-0.15, -0.1) is 5.10 Å². The molecule has 1 rings (SSSR count). The molecule has 7 nitrogen and oxygen atoms in total. The number of aliphatic hydroxyl groups is 1. The maximum Gasteiger partial charge on any atom is 0.234 e. The van der Waals surface area contributed by atoms with Gasteiger partial charge in [0, 0.05) is 31.9 Å². The monoisotopic (exact) mass is 255 g/mol. The topological polar surface area (TPSA) is 92.1 Å².